The SMILES string of the molecule is C[C@H]1CCc2nc(CNC3(CO)CCCC3)sc2C1. The Morgan fingerprint density at radius 2 is 2.21 bits per heavy atom. The average Bonchev–Trinajstić information content (AvgIpc) is 3.02. The zero-order valence-corrected chi connectivity index (χ0v) is 12.6. The molecule has 106 valence electrons. The third kappa shape index (κ3) is 2.86. The number of rotatable bonds is 4. The molecule has 2 N–H and O–H groups in total. The number of nitrogens with one attached hydrogen (secondary N) is 1. The highest BCUT2D eigenvalue weighted by Gasteiger charge is 2.32. The molecule has 0 aromatic carbocycles. The van der Waals surface area contributed by atoms with Gasteiger partial charge < -0.3 is 10.4 Å². The number of thiazole rings is 1. The number of hydrogen-bond acceptors (Lipinski definition) is 4. The molecule has 1 aromatic rings. The Balaban J connectivity index is 1.64. The van der Waals surface area contributed by atoms with E-state index in [-0.39, 0.29) is 12.1 Å². The maximum absolute atomic E-state index is 9.61. The van der Waals surface area contributed by atoms with E-state index in [2.05, 4.69) is 12.2 Å². The smallest absolute Gasteiger partial charge is 0.107 e. The van der Waals surface area contributed by atoms with Crippen LogP contribution >= 0.6 is 11.3 Å². The van der Waals surface area contributed by atoms with Crippen molar-refractivity contribution < 1.29 is 5.11 Å². The molecule has 2 aliphatic rings. The van der Waals surface area contributed by atoms with Crippen molar-refractivity contribution in [2.24, 2.45) is 5.92 Å². The number of hydrogen-bond donors (Lipinski definition) is 2. The summed E-state index contributed by atoms with van der Waals surface area (Å²) in [5.41, 5.74) is 1.31. The van der Waals surface area contributed by atoms with E-state index in [1.165, 1.54) is 41.3 Å². The second-order valence-electron chi connectivity index (χ2n) is 6.32. The average molecular weight is 280 g/mol. The molecule has 0 spiro atoms. The molecule has 4 heteroatoms. The lowest BCUT2D eigenvalue weighted by Gasteiger charge is -2.27. The molecule has 1 heterocycles. The van der Waals surface area contributed by atoms with Crippen molar-refractivity contribution in [2.75, 3.05) is 6.61 Å². The first kappa shape index (κ1) is 13.5. The Kier molecular flexibility index (Phi) is 3.92. The van der Waals surface area contributed by atoms with Crippen LogP contribution in [0.5, 0.6) is 0 Å². The Hall–Kier alpha value is -0.450. The monoisotopic (exact) mass is 280 g/mol. The van der Waals surface area contributed by atoms with E-state index in [1.54, 1.807) is 0 Å². The first-order chi connectivity index (χ1) is 9.21. The van der Waals surface area contributed by atoms with Crippen molar-refractivity contribution in [1.29, 1.82) is 0 Å². The lowest BCUT2D eigenvalue weighted by Crippen LogP contribution is -2.45. The van der Waals surface area contributed by atoms with Gasteiger partial charge in [0.25, 0.3) is 0 Å². The molecule has 1 saturated carbocycles. The lowest BCUT2D eigenvalue weighted by molar-refractivity contribution is 0.163. The highest BCUT2D eigenvalue weighted by atomic mass is 32.1. The number of nitrogens with zero attached hydrogens (tertiary/aromatic N) is 1. The van der Waals surface area contributed by atoms with Crippen LogP contribution in [0.25, 0.3) is 0 Å². The maximum atomic E-state index is 9.61. The van der Waals surface area contributed by atoms with E-state index >= 15 is 0 Å². The molecule has 0 amide bonds. The summed E-state index contributed by atoms with van der Waals surface area (Å²) in [4.78, 5) is 6.29. The summed E-state index contributed by atoms with van der Waals surface area (Å²) in [5, 5.41) is 14.4. The molecule has 0 aliphatic heterocycles. The minimum Gasteiger partial charge on any atom is -0.394 e. The van der Waals surface area contributed by atoms with Crippen LogP contribution in [0.4, 0.5) is 0 Å². The Bertz CT molecular complexity index is 437. The van der Waals surface area contributed by atoms with Crippen molar-refractivity contribution in [3.8, 4) is 0 Å². The van der Waals surface area contributed by atoms with Crippen LogP contribution < -0.4 is 5.32 Å². The van der Waals surface area contributed by atoms with Gasteiger partial charge in [0.05, 0.1) is 12.3 Å². The zero-order valence-electron chi connectivity index (χ0n) is 11.7. The van der Waals surface area contributed by atoms with Gasteiger partial charge in [-0.15, -0.1) is 11.3 Å². The zero-order chi connectivity index (χ0) is 13.3. The molecule has 0 unspecified atom stereocenters. The van der Waals surface area contributed by atoms with E-state index in [9.17, 15) is 5.11 Å². The van der Waals surface area contributed by atoms with Crippen molar-refractivity contribution in [3.05, 3.63) is 15.6 Å². The summed E-state index contributed by atoms with van der Waals surface area (Å²) < 4.78 is 0. The highest BCUT2D eigenvalue weighted by molar-refractivity contribution is 7.11. The fraction of sp³-hybridized carbons (Fsp3) is 0.800. The van der Waals surface area contributed by atoms with Crippen molar-refractivity contribution in [2.45, 2.75) is 64.0 Å². The van der Waals surface area contributed by atoms with Gasteiger partial charge >= 0.3 is 0 Å². The molecule has 0 saturated heterocycles. The van der Waals surface area contributed by atoms with Crippen LogP contribution in [0, 0.1) is 5.92 Å². The summed E-state index contributed by atoms with van der Waals surface area (Å²) in [5.74, 6) is 0.812. The van der Waals surface area contributed by atoms with E-state index in [0.29, 0.717) is 0 Å². The molecule has 3 nitrogen and oxygen atoms in total. The summed E-state index contributed by atoms with van der Waals surface area (Å²) in [6.45, 7) is 3.42. The van der Waals surface area contributed by atoms with Crippen molar-refractivity contribution in [3.63, 3.8) is 0 Å². The Labute approximate surface area is 119 Å². The molecular formula is C15H24N2OS. The maximum Gasteiger partial charge on any atom is 0.107 e. The third-order valence-corrected chi connectivity index (χ3v) is 5.83. The minimum atomic E-state index is -0.0283. The van der Waals surface area contributed by atoms with Gasteiger partial charge in [0.2, 0.25) is 0 Å². The van der Waals surface area contributed by atoms with Gasteiger partial charge in [-0.1, -0.05) is 19.8 Å². The quantitative estimate of drug-likeness (QED) is 0.891. The predicted molar refractivity (Wildman–Crippen MR) is 78.4 cm³/mol. The van der Waals surface area contributed by atoms with Crippen molar-refractivity contribution >= 4 is 11.3 Å². The van der Waals surface area contributed by atoms with Gasteiger partial charge in [-0.25, -0.2) is 4.98 Å². The number of aliphatic hydroxyl groups excluding tert-OH is 1. The summed E-state index contributed by atoms with van der Waals surface area (Å²) in [7, 11) is 0. The largest absolute Gasteiger partial charge is 0.394 e. The summed E-state index contributed by atoms with van der Waals surface area (Å²) in [6, 6.07) is 0. The summed E-state index contributed by atoms with van der Waals surface area (Å²) >= 11 is 1.88. The number of aliphatic hydroxyl groups is 1. The minimum absolute atomic E-state index is 0.0283. The number of aromatic nitrogens is 1. The van der Waals surface area contributed by atoms with E-state index in [0.717, 1.165) is 31.7 Å². The van der Waals surface area contributed by atoms with Crippen LogP contribution in [-0.4, -0.2) is 22.2 Å². The predicted octanol–water partition coefficient (Wildman–Crippen LogP) is 2.66. The Morgan fingerprint density at radius 1 is 1.42 bits per heavy atom. The van der Waals surface area contributed by atoms with Gasteiger partial charge in [0.15, 0.2) is 0 Å². The molecule has 1 aromatic heterocycles. The summed E-state index contributed by atoms with van der Waals surface area (Å²) in [6.07, 6.45) is 8.32. The van der Waals surface area contributed by atoms with Crippen molar-refractivity contribution in [1.82, 2.24) is 10.3 Å². The van der Waals surface area contributed by atoms with Gasteiger partial charge in [-0.05, 0) is 38.0 Å². The molecule has 1 fully saturated rings. The van der Waals surface area contributed by atoms with Gasteiger partial charge in [0.1, 0.15) is 5.01 Å². The molecule has 3 rings (SSSR count). The molecule has 0 radical (unpaired) electrons. The van der Waals surface area contributed by atoms with Gasteiger partial charge in [-0.3, -0.25) is 0 Å². The van der Waals surface area contributed by atoms with Crippen LogP contribution in [0.3, 0.4) is 0 Å². The Morgan fingerprint density at radius 3 is 2.95 bits per heavy atom. The van der Waals surface area contributed by atoms with Crippen LogP contribution in [0.1, 0.15) is 54.6 Å². The number of aryl methyl sites for hydroxylation is 1. The third-order valence-electron chi connectivity index (χ3n) is 4.71. The molecule has 0 bridgehead atoms. The van der Waals surface area contributed by atoms with Crippen LogP contribution in [0.2, 0.25) is 0 Å². The van der Waals surface area contributed by atoms with Gasteiger partial charge in [-0.2, -0.15) is 0 Å². The molecule has 2 aliphatic carbocycles. The topological polar surface area (TPSA) is 45.2 Å². The van der Waals surface area contributed by atoms with Gasteiger partial charge in [0, 0.05) is 17.0 Å². The normalized spacial score (nSPS) is 25.5. The second kappa shape index (κ2) is 5.51. The van der Waals surface area contributed by atoms with Crippen LogP contribution in [0.15, 0.2) is 0 Å². The second-order valence-corrected chi connectivity index (χ2v) is 7.49. The first-order valence-corrected chi connectivity index (χ1v) is 8.36. The standard InChI is InChI=1S/C15H24N2OS/c1-11-4-5-12-13(8-11)19-14(17-12)9-16-15(10-18)6-2-3-7-15/h11,16,18H,2-10H2,1H3/t11-/m0/s1. The fourth-order valence-corrected chi connectivity index (χ4v) is 4.59. The lowest BCUT2D eigenvalue weighted by atomic mass is 9.93. The van der Waals surface area contributed by atoms with E-state index in [1.807, 2.05) is 11.3 Å². The first-order valence-electron chi connectivity index (χ1n) is 7.54. The molecule has 1 atom stereocenters. The van der Waals surface area contributed by atoms with E-state index < -0.39 is 0 Å². The fourth-order valence-electron chi connectivity index (χ4n) is 3.37. The molecular weight excluding hydrogens is 256 g/mol. The number of fused-ring (bicyclic) bond motifs is 1. The van der Waals surface area contributed by atoms with Crippen LogP contribution in [-0.2, 0) is 19.4 Å². The highest BCUT2D eigenvalue weighted by Crippen LogP contribution is 2.32. The molecule has 19 heavy (non-hydrogen) atoms. The van der Waals surface area contributed by atoms with E-state index in [4.69, 9.17) is 4.98 Å².